The zero-order valence-corrected chi connectivity index (χ0v) is 14.6. The van der Waals surface area contributed by atoms with Crippen LogP contribution in [0.15, 0.2) is 48.5 Å². The number of carbonyl (C=O) groups excluding carboxylic acids is 2. The predicted molar refractivity (Wildman–Crippen MR) is 97.4 cm³/mol. The van der Waals surface area contributed by atoms with Gasteiger partial charge in [0.1, 0.15) is 0 Å². The first-order valence-electron chi connectivity index (χ1n) is 8.11. The normalized spacial score (nSPS) is 11.0. The van der Waals surface area contributed by atoms with Crippen molar-refractivity contribution in [1.82, 2.24) is 5.32 Å². The second-order valence-corrected chi connectivity index (χ2v) is 6.79. The molecule has 0 aliphatic rings. The Morgan fingerprint density at radius 1 is 0.833 bits per heavy atom. The zero-order valence-electron chi connectivity index (χ0n) is 14.6. The van der Waals surface area contributed by atoms with Gasteiger partial charge in [0.15, 0.2) is 0 Å². The molecule has 2 aromatic rings. The van der Waals surface area contributed by atoms with E-state index in [4.69, 9.17) is 0 Å². The SMILES string of the molecule is CCc1ccc(NC(=O)c2ccc(C(=O)NC(C)(C)C)cc2)cc1. The van der Waals surface area contributed by atoms with Crippen LogP contribution in [0, 0.1) is 0 Å². The van der Waals surface area contributed by atoms with Gasteiger partial charge in [-0.2, -0.15) is 0 Å². The molecule has 0 heterocycles. The van der Waals surface area contributed by atoms with Gasteiger partial charge in [0.25, 0.3) is 11.8 Å². The summed E-state index contributed by atoms with van der Waals surface area (Å²) in [5, 5.41) is 5.75. The minimum atomic E-state index is -0.294. The van der Waals surface area contributed by atoms with Crippen LogP contribution >= 0.6 is 0 Å². The van der Waals surface area contributed by atoms with Crippen molar-refractivity contribution < 1.29 is 9.59 Å². The fourth-order valence-corrected chi connectivity index (χ4v) is 2.21. The maximum atomic E-state index is 12.3. The molecule has 0 saturated carbocycles. The van der Waals surface area contributed by atoms with Crippen molar-refractivity contribution in [3.63, 3.8) is 0 Å². The largest absolute Gasteiger partial charge is 0.347 e. The van der Waals surface area contributed by atoms with E-state index in [9.17, 15) is 9.59 Å². The van der Waals surface area contributed by atoms with E-state index in [1.165, 1.54) is 5.56 Å². The number of anilines is 1. The van der Waals surface area contributed by atoms with Gasteiger partial charge >= 0.3 is 0 Å². The van der Waals surface area contributed by atoms with Gasteiger partial charge in [0.2, 0.25) is 0 Å². The topological polar surface area (TPSA) is 58.2 Å². The van der Waals surface area contributed by atoms with Crippen molar-refractivity contribution >= 4 is 17.5 Å². The van der Waals surface area contributed by atoms with Gasteiger partial charge in [0, 0.05) is 22.4 Å². The van der Waals surface area contributed by atoms with Gasteiger partial charge in [-0.25, -0.2) is 0 Å². The second kappa shape index (κ2) is 7.30. The fraction of sp³-hybridized carbons (Fsp3) is 0.300. The second-order valence-electron chi connectivity index (χ2n) is 6.79. The first-order chi connectivity index (χ1) is 11.3. The van der Waals surface area contributed by atoms with E-state index >= 15 is 0 Å². The molecular formula is C20H24N2O2. The van der Waals surface area contributed by atoms with Crippen LogP contribution < -0.4 is 10.6 Å². The van der Waals surface area contributed by atoms with Crippen LogP contribution in [0.25, 0.3) is 0 Å². The Labute approximate surface area is 143 Å². The van der Waals surface area contributed by atoms with E-state index in [0.717, 1.165) is 12.1 Å². The number of rotatable bonds is 4. The monoisotopic (exact) mass is 324 g/mol. The zero-order chi connectivity index (χ0) is 17.7. The summed E-state index contributed by atoms with van der Waals surface area (Å²) in [7, 11) is 0. The highest BCUT2D eigenvalue weighted by Crippen LogP contribution is 2.13. The van der Waals surface area contributed by atoms with Gasteiger partial charge in [-0.3, -0.25) is 9.59 Å². The summed E-state index contributed by atoms with van der Waals surface area (Å²) in [5.74, 6) is -0.341. The maximum absolute atomic E-state index is 12.3. The lowest BCUT2D eigenvalue weighted by Crippen LogP contribution is -2.40. The van der Waals surface area contributed by atoms with E-state index in [2.05, 4.69) is 17.6 Å². The Hall–Kier alpha value is -2.62. The molecule has 0 spiro atoms. The van der Waals surface area contributed by atoms with Crippen molar-refractivity contribution in [2.45, 2.75) is 39.7 Å². The summed E-state index contributed by atoms with van der Waals surface area (Å²) in [6.07, 6.45) is 0.965. The Morgan fingerprint density at radius 3 is 1.79 bits per heavy atom. The number of carbonyl (C=O) groups is 2. The van der Waals surface area contributed by atoms with E-state index < -0.39 is 0 Å². The molecule has 2 N–H and O–H groups in total. The van der Waals surface area contributed by atoms with Crippen LogP contribution in [0.2, 0.25) is 0 Å². The minimum Gasteiger partial charge on any atom is -0.347 e. The van der Waals surface area contributed by atoms with Crippen molar-refractivity contribution in [3.05, 3.63) is 65.2 Å². The third kappa shape index (κ3) is 4.95. The Morgan fingerprint density at radius 2 is 1.33 bits per heavy atom. The molecule has 0 bridgehead atoms. The van der Waals surface area contributed by atoms with Crippen molar-refractivity contribution in [1.29, 1.82) is 0 Å². The summed E-state index contributed by atoms with van der Waals surface area (Å²) >= 11 is 0. The molecule has 2 amide bonds. The Kier molecular flexibility index (Phi) is 5.39. The Balaban J connectivity index is 2.04. The van der Waals surface area contributed by atoms with Gasteiger partial charge in [0.05, 0.1) is 0 Å². The molecule has 126 valence electrons. The lowest BCUT2D eigenvalue weighted by atomic mass is 10.1. The molecule has 0 atom stereocenters. The molecule has 4 heteroatoms. The first-order valence-corrected chi connectivity index (χ1v) is 8.11. The highest BCUT2D eigenvalue weighted by Gasteiger charge is 2.15. The van der Waals surface area contributed by atoms with Crippen LogP contribution in [-0.2, 0) is 6.42 Å². The molecule has 0 fully saturated rings. The number of aryl methyl sites for hydroxylation is 1. The summed E-state index contributed by atoms with van der Waals surface area (Å²) in [4.78, 5) is 24.3. The summed E-state index contributed by atoms with van der Waals surface area (Å²) in [6, 6.07) is 14.4. The Bertz CT molecular complexity index is 711. The number of benzene rings is 2. The standard InChI is InChI=1S/C20H24N2O2/c1-5-14-6-12-17(13-7-14)21-18(23)15-8-10-16(11-9-15)19(24)22-20(2,3)4/h6-13H,5H2,1-4H3,(H,21,23)(H,22,24). The van der Waals surface area contributed by atoms with Crippen LogP contribution in [0.3, 0.4) is 0 Å². The van der Waals surface area contributed by atoms with Gasteiger partial charge < -0.3 is 10.6 Å². The average molecular weight is 324 g/mol. The van der Waals surface area contributed by atoms with Gasteiger partial charge in [-0.1, -0.05) is 19.1 Å². The summed E-state index contributed by atoms with van der Waals surface area (Å²) in [6.45, 7) is 7.87. The smallest absolute Gasteiger partial charge is 0.255 e. The maximum Gasteiger partial charge on any atom is 0.255 e. The molecule has 0 aliphatic heterocycles. The molecule has 2 aromatic carbocycles. The molecule has 0 saturated heterocycles. The minimum absolute atomic E-state index is 0.149. The van der Waals surface area contributed by atoms with Crippen LogP contribution in [0.4, 0.5) is 5.69 Å². The molecule has 2 rings (SSSR count). The molecular weight excluding hydrogens is 300 g/mol. The molecule has 0 radical (unpaired) electrons. The predicted octanol–water partition coefficient (Wildman–Crippen LogP) is 4.03. The third-order valence-electron chi connectivity index (χ3n) is 3.52. The van der Waals surface area contributed by atoms with E-state index in [0.29, 0.717) is 11.1 Å². The average Bonchev–Trinajstić information content (AvgIpc) is 2.54. The molecule has 4 nitrogen and oxygen atoms in total. The molecule has 0 unspecified atom stereocenters. The third-order valence-corrected chi connectivity index (χ3v) is 3.52. The van der Waals surface area contributed by atoms with Crippen LogP contribution in [0.1, 0.15) is 54.0 Å². The molecule has 24 heavy (non-hydrogen) atoms. The van der Waals surface area contributed by atoms with Gasteiger partial charge in [-0.15, -0.1) is 0 Å². The van der Waals surface area contributed by atoms with Gasteiger partial charge in [-0.05, 0) is 69.2 Å². The lowest BCUT2D eigenvalue weighted by molar-refractivity contribution is 0.0918. The van der Waals surface area contributed by atoms with E-state index in [1.54, 1.807) is 24.3 Å². The quantitative estimate of drug-likeness (QED) is 0.892. The highest BCUT2D eigenvalue weighted by molar-refractivity contribution is 6.05. The highest BCUT2D eigenvalue weighted by atomic mass is 16.2. The number of hydrogen-bond donors (Lipinski definition) is 2. The molecule has 0 aliphatic carbocycles. The van der Waals surface area contributed by atoms with Crippen LogP contribution in [0.5, 0.6) is 0 Å². The van der Waals surface area contributed by atoms with Crippen molar-refractivity contribution in [2.24, 2.45) is 0 Å². The summed E-state index contributed by atoms with van der Waals surface area (Å²) in [5.41, 5.74) is 2.74. The van der Waals surface area contributed by atoms with E-state index in [-0.39, 0.29) is 17.4 Å². The number of hydrogen-bond acceptors (Lipinski definition) is 2. The number of nitrogens with one attached hydrogen (secondary N) is 2. The first kappa shape index (κ1) is 17.7. The number of amides is 2. The van der Waals surface area contributed by atoms with Crippen molar-refractivity contribution in [2.75, 3.05) is 5.32 Å². The van der Waals surface area contributed by atoms with Crippen molar-refractivity contribution in [3.8, 4) is 0 Å². The van der Waals surface area contributed by atoms with E-state index in [1.807, 2.05) is 45.0 Å². The molecule has 0 aromatic heterocycles. The fourth-order valence-electron chi connectivity index (χ4n) is 2.21. The lowest BCUT2D eigenvalue weighted by Gasteiger charge is -2.20. The summed E-state index contributed by atoms with van der Waals surface area (Å²) < 4.78 is 0. The van der Waals surface area contributed by atoms with Crippen LogP contribution in [-0.4, -0.2) is 17.4 Å².